The van der Waals surface area contributed by atoms with Gasteiger partial charge >= 0.3 is 0 Å². The van der Waals surface area contributed by atoms with Crippen LogP contribution in [0.15, 0.2) is 36.7 Å². The van der Waals surface area contributed by atoms with Crippen molar-refractivity contribution in [1.29, 1.82) is 0 Å². The van der Waals surface area contributed by atoms with E-state index in [1.807, 2.05) is 17.0 Å². The SMILES string of the molecule is COc1cc(C=CC(=O)N2CCN(c3ncccn3)CC2)cc2c1OCCO2. The maximum atomic E-state index is 12.6. The predicted octanol–water partition coefficient (Wildman–Crippen LogP) is 1.62. The first-order valence-corrected chi connectivity index (χ1v) is 9.21. The molecule has 2 aromatic rings. The van der Waals surface area contributed by atoms with Gasteiger partial charge in [0.15, 0.2) is 11.5 Å². The molecule has 8 heteroatoms. The molecular formula is C20H22N4O4. The molecule has 0 spiro atoms. The van der Waals surface area contributed by atoms with Crippen molar-refractivity contribution in [3.8, 4) is 17.2 Å². The van der Waals surface area contributed by atoms with Crippen LogP contribution in [-0.4, -0.2) is 67.3 Å². The second-order valence-electron chi connectivity index (χ2n) is 6.44. The number of rotatable bonds is 4. The van der Waals surface area contributed by atoms with Gasteiger partial charge in [-0.15, -0.1) is 0 Å². The molecule has 146 valence electrons. The molecule has 0 aliphatic carbocycles. The fraction of sp³-hybridized carbons (Fsp3) is 0.350. The van der Waals surface area contributed by atoms with E-state index >= 15 is 0 Å². The summed E-state index contributed by atoms with van der Waals surface area (Å²) < 4.78 is 16.6. The first kappa shape index (κ1) is 18.1. The summed E-state index contributed by atoms with van der Waals surface area (Å²) in [6.07, 6.45) is 6.81. The van der Waals surface area contributed by atoms with Gasteiger partial charge < -0.3 is 24.0 Å². The summed E-state index contributed by atoms with van der Waals surface area (Å²) in [5.74, 6) is 2.52. The first-order valence-electron chi connectivity index (χ1n) is 9.21. The number of aromatic nitrogens is 2. The van der Waals surface area contributed by atoms with Crippen LogP contribution in [0.1, 0.15) is 5.56 Å². The molecule has 0 atom stereocenters. The Balaban J connectivity index is 1.39. The summed E-state index contributed by atoms with van der Waals surface area (Å²) in [4.78, 5) is 25.0. The van der Waals surface area contributed by atoms with Crippen molar-refractivity contribution in [1.82, 2.24) is 14.9 Å². The van der Waals surface area contributed by atoms with Crippen LogP contribution in [0.25, 0.3) is 6.08 Å². The largest absolute Gasteiger partial charge is 0.493 e. The minimum atomic E-state index is -0.0255. The number of hydrogen-bond acceptors (Lipinski definition) is 7. The van der Waals surface area contributed by atoms with E-state index in [1.54, 1.807) is 37.7 Å². The second kappa shape index (κ2) is 8.16. The van der Waals surface area contributed by atoms with Crippen LogP contribution < -0.4 is 19.1 Å². The Morgan fingerprint density at radius 1 is 1.11 bits per heavy atom. The zero-order valence-corrected chi connectivity index (χ0v) is 15.7. The number of fused-ring (bicyclic) bond motifs is 1. The molecule has 0 unspecified atom stereocenters. The standard InChI is InChI=1S/C20H22N4O4/c1-26-16-13-15(14-17-19(16)28-12-11-27-17)3-4-18(25)23-7-9-24(10-8-23)20-21-5-2-6-22-20/h2-6,13-14H,7-12H2,1H3. The summed E-state index contributed by atoms with van der Waals surface area (Å²) in [7, 11) is 1.59. The smallest absolute Gasteiger partial charge is 0.246 e. The number of amides is 1. The molecule has 2 aliphatic heterocycles. The third-order valence-corrected chi connectivity index (χ3v) is 4.70. The average molecular weight is 382 g/mol. The van der Waals surface area contributed by atoms with Gasteiger partial charge in [0.1, 0.15) is 13.2 Å². The Kier molecular flexibility index (Phi) is 5.27. The predicted molar refractivity (Wildman–Crippen MR) is 104 cm³/mol. The highest BCUT2D eigenvalue weighted by Gasteiger charge is 2.21. The van der Waals surface area contributed by atoms with Crippen LogP contribution in [0.3, 0.4) is 0 Å². The number of piperazine rings is 1. The number of ether oxygens (including phenoxy) is 3. The normalized spacial score (nSPS) is 16.3. The van der Waals surface area contributed by atoms with Gasteiger partial charge in [0.05, 0.1) is 7.11 Å². The number of anilines is 1. The van der Waals surface area contributed by atoms with Crippen molar-refractivity contribution in [2.24, 2.45) is 0 Å². The second-order valence-corrected chi connectivity index (χ2v) is 6.44. The highest BCUT2D eigenvalue weighted by molar-refractivity contribution is 5.92. The van der Waals surface area contributed by atoms with Crippen molar-refractivity contribution in [3.63, 3.8) is 0 Å². The Morgan fingerprint density at radius 3 is 2.61 bits per heavy atom. The molecule has 4 rings (SSSR count). The molecule has 0 bridgehead atoms. The zero-order chi connectivity index (χ0) is 19.3. The fourth-order valence-corrected chi connectivity index (χ4v) is 3.24. The van der Waals surface area contributed by atoms with Gasteiger partial charge in [0.2, 0.25) is 17.6 Å². The Bertz CT molecular complexity index is 847. The van der Waals surface area contributed by atoms with Crippen LogP contribution in [0.4, 0.5) is 5.95 Å². The summed E-state index contributed by atoms with van der Waals surface area (Å²) in [5, 5.41) is 0. The number of hydrogen-bond donors (Lipinski definition) is 0. The van der Waals surface area contributed by atoms with E-state index in [-0.39, 0.29) is 5.91 Å². The van der Waals surface area contributed by atoms with Crippen molar-refractivity contribution in [2.45, 2.75) is 0 Å². The number of nitrogens with zero attached hydrogens (tertiary/aromatic N) is 4. The molecule has 1 fully saturated rings. The van der Waals surface area contributed by atoms with E-state index in [1.165, 1.54) is 0 Å². The lowest BCUT2D eigenvalue weighted by Gasteiger charge is -2.34. The van der Waals surface area contributed by atoms with Gasteiger partial charge in [-0.2, -0.15) is 0 Å². The highest BCUT2D eigenvalue weighted by Crippen LogP contribution is 2.40. The topological polar surface area (TPSA) is 77.0 Å². The Labute approximate surface area is 163 Å². The number of methoxy groups -OCH3 is 1. The van der Waals surface area contributed by atoms with Gasteiger partial charge in [-0.3, -0.25) is 4.79 Å². The van der Waals surface area contributed by atoms with Gasteiger partial charge in [-0.1, -0.05) is 0 Å². The Hall–Kier alpha value is -3.29. The van der Waals surface area contributed by atoms with E-state index in [0.717, 1.165) is 5.56 Å². The molecule has 1 aromatic heterocycles. The number of carbonyl (C=O) groups excluding carboxylic acids is 1. The molecule has 1 aromatic carbocycles. The van der Waals surface area contributed by atoms with Gasteiger partial charge in [-0.05, 0) is 29.8 Å². The van der Waals surface area contributed by atoms with Crippen LogP contribution in [-0.2, 0) is 4.79 Å². The van der Waals surface area contributed by atoms with Crippen LogP contribution in [0, 0.1) is 0 Å². The van der Waals surface area contributed by atoms with Crippen molar-refractivity contribution >= 4 is 17.9 Å². The summed E-state index contributed by atoms with van der Waals surface area (Å²) in [6, 6.07) is 5.48. The molecule has 1 amide bonds. The molecule has 0 radical (unpaired) electrons. The third kappa shape index (κ3) is 3.85. The van der Waals surface area contributed by atoms with Crippen molar-refractivity contribution < 1.29 is 19.0 Å². The van der Waals surface area contributed by atoms with Crippen molar-refractivity contribution in [3.05, 3.63) is 42.2 Å². The molecule has 28 heavy (non-hydrogen) atoms. The van der Waals surface area contributed by atoms with Gasteiger partial charge in [0.25, 0.3) is 0 Å². The maximum absolute atomic E-state index is 12.6. The third-order valence-electron chi connectivity index (χ3n) is 4.70. The zero-order valence-electron chi connectivity index (χ0n) is 15.7. The van der Waals surface area contributed by atoms with Gasteiger partial charge in [0, 0.05) is 44.6 Å². The van der Waals surface area contributed by atoms with E-state index in [4.69, 9.17) is 14.2 Å². The Morgan fingerprint density at radius 2 is 1.86 bits per heavy atom. The average Bonchev–Trinajstić information content (AvgIpc) is 2.77. The molecular weight excluding hydrogens is 360 g/mol. The summed E-state index contributed by atoms with van der Waals surface area (Å²) >= 11 is 0. The lowest BCUT2D eigenvalue weighted by Crippen LogP contribution is -2.48. The minimum Gasteiger partial charge on any atom is -0.493 e. The first-order chi connectivity index (χ1) is 13.7. The van der Waals surface area contributed by atoms with Crippen molar-refractivity contribution in [2.75, 3.05) is 51.4 Å². The summed E-state index contributed by atoms with van der Waals surface area (Å²) in [5.41, 5.74) is 0.825. The molecule has 2 aliphatic rings. The quantitative estimate of drug-likeness (QED) is 0.744. The minimum absolute atomic E-state index is 0.0255. The molecule has 8 nitrogen and oxygen atoms in total. The van der Waals surface area contributed by atoms with Crippen LogP contribution in [0.2, 0.25) is 0 Å². The van der Waals surface area contributed by atoms with E-state index in [9.17, 15) is 4.79 Å². The summed E-state index contributed by atoms with van der Waals surface area (Å²) in [6.45, 7) is 3.68. The monoisotopic (exact) mass is 382 g/mol. The highest BCUT2D eigenvalue weighted by atomic mass is 16.6. The van der Waals surface area contributed by atoms with Crippen LogP contribution in [0.5, 0.6) is 17.2 Å². The van der Waals surface area contributed by atoms with Crippen LogP contribution >= 0.6 is 0 Å². The fourth-order valence-electron chi connectivity index (χ4n) is 3.24. The number of benzene rings is 1. The molecule has 0 N–H and O–H groups in total. The van der Waals surface area contributed by atoms with Gasteiger partial charge in [-0.25, -0.2) is 9.97 Å². The maximum Gasteiger partial charge on any atom is 0.246 e. The molecule has 3 heterocycles. The van der Waals surface area contributed by atoms with E-state index in [0.29, 0.717) is 62.6 Å². The number of carbonyl (C=O) groups is 1. The molecule has 1 saturated heterocycles. The molecule has 0 saturated carbocycles. The lowest BCUT2D eigenvalue weighted by atomic mass is 10.1. The van der Waals surface area contributed by atoms with E-state index in [2.05, 4.69) is 14.9 Å². The van der Waals surface area contributed by atoms with E-state index < -0.39 is 0 Å². The lowest BCUT2D eigenvalue weighted by molar-refractivity contribution is -0.126.